The number of rotatable bonds is 3. The first-order valence-electron chi connectivity index (χ1n) is 7.63. The standard InChI is InChI=1S/C16H26O3/c1-13-8-4-7-9-15(13,12-14(17)18)16(19)10-5-2-3-6-11-16/h19H,1-12H2,(H,17,18). The van der Waals surface area contributed by atoms with Crippen molar-refractivity contribution in [2.45, 2.75) is 76.2 Å². The third-order valence-electron chi connectivity index (χ3n) is 5.28. The molecule has 0 aromatic rings. The molecular formula is C16H26O3. The van der Waals surface area contributed by atoms with Crippen LogP contribution in [0.1, 0.15) is 70.6 Å². The molecule has 108 valence electrons. The van der Waals surface area contributed by atoms with Crippen molar-refractivity contribution in [3.63, 3.8) is 0 Å². The molecule has 0 aliphatic heterocycles. The number of hydrogen-bond acceptors (Lipinski definition) is 2. The fraction of sp³-hybridized carbons (Fsp3) is 0.812. The van der Waals surface area contributed by atoms with Crippen molar-refractivity contribution in [2.75, 3.05) is 0 Å². The molecule has 0 aromatic heterocycles. The third kappa shape index (κ3) is 2.71. The van der Waals surface area contributed by atoms with Gasteiger partial charge in [0, 0.05) is 5.41 Å². The van der Waals surface area contributed by atoms with Crippen molar-refractivity contribution in [3.8, 4) is 0 Å². The van der Waals surface area contributed by atoms with E-state index < -0.39 is 17.0 Å². The van der Waals surface area contributed by atoms with Gasteiger partial charge in [-0.1, -0.05) is 44.3 Å². The van der Waals surface area contributed by atoms with Crippen LogP contribution in [0.15, 0.2) is 12.2 Å². The smallest absolute Gasteiger partial charge is 0.304 e. The molecule has 19 heavy (non-hydrogen) atoms. The predicted molar refractivity (Wildman–Crippen MR) is 74.9 cm³/mol. The van der Waals surface area contributed by atoms with Crippen LogP contribution >= 0.6 is 0 Å². The van der Waals surface area contributed by atoms with Crippen LogP contribution in [0, 0.1) is 5.41 Å². The summed E-state index contributed by atoms with van der Waals surface area (Å²) in [5.41, 5.74) is -0.452. The molecular weight excluding hydrogens is 240 g/mol. The molecule has 0 saturated heterocycles. The molecule has 2 fully saturated rings. The van der Waals surface area contributed by atoms with E-state index in [1.165, 1.54) is 0 Å². The first-order chi connectivity index (χ1) is 9.00. The van der Waals surface area contributed by atoms with Gasteiger partial charge in [0.1, 0.15) is 0 Å². The molecule has 0 spiro atoms. The van der Waals surface area contributed by atoms with Crippen LogP contribution < -0.4 is 0 Å². The lowest BCUT2D eigenvalue weighted by Crippen LogP contribution is -2.51. The van der Waals surface area contributed by atoms with E-state index in [-0.39, 0.29) is 6.42 Å². The van der Waals surface area contributed by atoms with Gasteiger partial charge in [0.15, 0.2) is 0 Å². The zero-order chi connectivity index (χ0) is 13.9. The van der Waals surface area contributed by atoms with Gasteiger partial charge in [-0.05, 0) is 32.1 Å². The summed E-state index contributed by atoms with van der Waals surface area (Å²) < 4.78 is 0. The van der Waals surface area contributed by atoms with E-state index in [1.54, 1.807) is 0 Å². The van der Waals surface area contributed by atoms with Crippen LogP contribution in [-0.4, -0.2) is 21.8 Å². The highest BCUT2D eigenvalue weighted by molar-refractivity contribution is 5.69. The minimum Gasteiger partial charge on any atom is -0.481 e. The lowest BCUT2D eigenvalue weighted by Gasteiger charge is -2.50. The summed E-state index contributed by atoms with van der Waals surface area (Å²) in [4.78, 5) is 11.3. The molecule has 2 saturated carbocycles. The van der Waals surface area contributed by atoms with Gasteiger partial charge in [-0.2, -0.15) is 0 Å². The minimum atomic E-state index is -0.848. The van der Waals surface area contributed by atoms with Gasteiger partial charge >= 0.3 is 5.97 Å². The summed E-state index contributed by atoms with van der Waals surface area (Å²) in [5.74, 6) is -0.805. The first kappa shape index (κ1) is 14.6. The highest BCUT2D eigenvalue weighted by Crippen LogP contribution is 2.54. The average Bonchev–Trinajstić information content (AvgIpc) is 2.58. The van der Waals surface area contributed by atoms with Gasteiger partial charge < -0.3 is 10.2 Å². The van der Waals surface area contributed by atoms with E-state index in [9.17, 15) is 15.0 Å². The molecule has 1 unspecified atom stereocenters. The first-order valence-corrected chi connectivity index (χ1v) is 7.63. The molecule has 2 rings (SSSR count). The Hall–Kier alpha value is -0.830. The molecule has 0 heterocycles. The molecule has 3 nitrogen and oxygen atoms in total. The van der Waals surface area contributed by atoms with Crippen LogP contribution in [0.4, 0.5) is 0 Å². The van der Waals surface area contributed by atoms with Crippen molar-refractivity contribution in [1.29, 1.82) is 0 Å². The summed E-state index contributed by atoms with van der Waals surface area (Å²) in [6.45, 7) is 4.15. The van der Waals surface area contributed by atoms with Crippen molar-refractivity contribution >= 4 is 5.97 Å². The van der Waals surface area contributed by atoms with Crippen molar-refractivity contribution < 1.29 is 15.0 Å². The zero-order valence-electron chi connectivity index (χ0n) is 11.8. The second-order valence-corrected chi connectivity index (χ2v) is 6.41. The van der Waals surface area contributed by atoms with Crippen LogP contribution in [0.2, 0.25) is 0 Å². The number of carboxylic acid groups (broad SMARTS) is 1. The van der Waals surface area contributed by atoms with Crippen molar-refractivity contribution in [3.05, 3.63) is 12.2 Å². The minimum absolute atomic E-state index is 0.0440. The van der Waals surface area contributed by atoms with Gasteiger partial charge in [0.2, 0.25) is 0 Å². The molecule has 0 amide bonds. The van der Waals surface area contributed by atoms with E-state index in [0.29, 0.717) is 0 Å². The summed E-state index contributed by atoms with van der Waals surface area (Å²) in [6, 6.07) is 0. The van der Waals surface area contributed by atoms with Crippen LogP contribution in [0.25, 0.3) is 0 Å². The normalized spacial score (nSPS) is 31.7. The van der Waals surface area contributed by atoms with E-state index in [2.05, 4.69) is 6.58 Å². The lowest BCUT2D eigenvalue weighted by atomic mass is 9.57. The van der Waals surface area contributed by atoms with Crippen LogP contribution in [0.5, 0.6) is 0 Å². The lowest BCUT2D eigenvalue weighted by molar-refractivity contribution is -0.149. The van der Waals surface area contributed by atoms with Crippen molar-refractivity contribution in [1.82, 2.24) is 0 Å². The maximum Gasteiger partial charge on any atom is 0.304 e. The molecule has 0 aromatic carbocycles. The highest BCUT2D eigenvalue weighted by Gasteiger charge is 2.53. The summed E-state index contributed by atoms with van der Waals surface area (Å²) in [7, 11) is 0. The molecule has 0 bridgehead atoms. The maximum atomic E-state index is 11.3. The van der Waals surface area contributed by atoms with E-state index in [1.807, 2.05) is 0 Å². The topological polar surface area (TPSA) is 57.5 Å². The third-order valence-corrected chi connectivity index (χ3v) is 5.28. The summed E-state index contributed by atoms with van der Waals surface area (Å²) >= 11 is 0. The largest absolute Gasteiger partial charge is 0.481 e. The Balaban J connectivity index is 2.34. The SMILES string of the molecule is C=C1CCCCC1(CC(=O)O)C1(O)CCCCCC1. The fourth-order valence-corrected chi connectivity index (χ4v) is 4.17. The number of carboxylic acids is 1. The molecule has 2 aliphatic carbocycles. The second kappa shape index (κ2) is 5.66. The number of hydrogen-bond donors (Lipinski definition) is 2. The summed E-state index contributed by atoms with van der Waals surface area (Å²) in [5, 5.41) is 20.5. The molecule has 2 aliphatic rings. The quantitative estimate of drug-likeness (QED) is 0.605. The van der Waals surface area contributed by atoms with E-state index in [4.69, 9.17) is 0 Å². The number of aliphatic hydroxyl groups is 1. The molecule has 2 N–H and O–H groups in total. The fourth-order valence-electron chi connectivity index (χ4n) is 4.17. The Bertz CT molecular complexity index is 353. The van der Waals surface area contributed by atoms with Gasteiger partial charge in [0.25, 0.3) is 0 Å². The van der Waals surface area contributed by atoms with Crippen LogP contribution in [0.3, 0.4) is 0 Å². The van der Waals surface area contributed by atoms with Crippen molar-refractivity contribution in [2.24, 2.45) is 5.41 Å². The Morgan fingerprint density at radius 1 is 1.05 bits per heavy atom. The van der Waals surface area contributed by atoms with Gasteiger partial charge in [-0.15, -0.1) is 0 Å². The number of aliphatic carboxylic acids is 1. The Kier molecular flexibility index (Phi) is 4.34. The summed E-state index contributed by atoms with van der Waals surface area (Å²) in [6.07, 6.45) is 9.57. The Morgan fingerprint density at radius 2 is 1.63 bits per heavy atom. The molecule has 0 radical (unpaired) electrons. The Labute approximate surface area is 115 Å². The zero-order valence-corrected chi connectivity index (χ0v) is 11.8. The predicted octanol–water partition coefficient (Wildman–Crippen LogP) is 3.66. The number of carbonyl (C=O) groups is 1. The van der Waals surface area contributed by atoms with E-state index >= 15 is 0 Å². The van der Waals surface area contributed by atoms with Gasteiger partial charge in [-0.25, -0.2) is 0 Å². The van der Waals surface area contributed by atoms with Gasteiger partial charge in [0.05, 0.1) is 12.0 Å². The van der Waals surface area contributed by atoms with Crippen LogP contribution in [-0.2, 0) is 4.79 Å². The monoisotopic (exact) mass is 266 g/mol. The highest BCUT2D eigenvalue weighted by atomic mass is 16.4. The molecule has 1 atom stereocenters. The van der Waals surface area contributed by atoms with E-state index in [0.717, 1.165) is 69.8 Å². The maximum absolute atomic E-state index is 11.3. The Morgan fingerprint density at radius 3 is 2.16 bits per heavy atom. The molecule has 3 heteroatoms. The average molecular weight is 266 g/mol. The second-order valence-electron chi connectivity index (χ2n) is 6.41. The van der Waals surface area contributed by atoms with Gasteiger partial charge in [-0.3, -0.25) is 4.79 Å².